The highest BCUT2D eigenvalue weighted by Crippen LogP contribution is 2.22. The second-order valence-corrected chi connectivity index (χ2v) is 6.98. The second kappa shape index (κ2) is 6.00. The molecule has 1 atom stereocenters. The summed E-state index contributed by atoms with van der Waals surface area (Å²) in [5, 5.41) is 12.7. The van der Waals surface area contributed by atoms with E-state index in [0.717, 1.165) is 12.1 Å². The van der Waals surface area contributed by atoms with Gasteiger partial charge in [-0.3, -0.25) is 0 Å². The van der Waals surface area contributed by atoms with E-state index in [1.165, 1.54) is 18.4 Å². The first kappa shape index (κ1) is 16.1. The van der Waals surface area contributed by atoms with Crippen LogP contribution in [0.15, 0.2) is 29.2 Å². The Hall–Kier alpha value is -0.950. The molecule has 1 aromatic rings. The van der Waals surface area contributed by atoms with Crippen molar-refractivity contribution in [2.75, 3.05) is 27.2 Å². The molecule has 0 heterocycles. The first-order chi connectivity index (χ1) is 8.78. The topological polar surface area (TPSA) is 69.6 Å². The van der Waals surface area contributed by atoms with Crippen molar-refractivity contribution < 1.29 is 13.5 Å². The molecule has 1 unspecified atom stereocenters. The van der Waals surface area contributed by atoms with Gasteiger partial charge in [-0.1, -0.05) is 19.1 Å². The predicted molar refractivity (Wildman–Crippen MR) is 75.4 cm³/mol. The molecule has 0 radical (unpaired) electrons. The van der Waals surface area contributed by atoms with Crippen molar-refractivity contribution in [3.05, 3.63) is 29.8 Å². The number of aliphatic hydroxyl groups excluding tert-OH is 1. The molecule has 0 aliphatic heterocycles. The molecule has 19 heavy (non-hydrogen) atoms. The van der Waals surface area contributed by atoms with Crippen molar-refractivity contribution in [1.82, 2.24) is 9.62 Å². The summed E-state index contributed by atoms with van der Waals surface area (Å²) >= 11 is 0. The number of benzene rings is 1. The quantitative estimate of drug-likeness (QED) is 0.810. The minimum absolute atomic E-state index is 0.0549. The highest BCUT2D eigenvalue weighted by atomic mass is 32.2. The Bertz CT molecular complexity index is 511. The van der Waals surface area contributed by atoms with Crippen molar-refractivity contribution in [1.29, 1.82) is 0 Å². The lowest BCUT2D eigenvalue weighted by molar-refractivity contribution is 0.177. The van der Waals surface area contributed by atoms with Crippen LogP contribution in [0.25, 0.3) is 0 Å². The molecule has 108 valence electrons. The Balaban J connectivity index is 3.13. The van der Waals surface area contributed by atoms with Crippen LogP contribution in [0.4, 0.5) is 0 Å². The van der Waals surface area contributed by atoms with Gasteiger partial charge in [0.1, 0.15) is 0 Å². The van der Waals surface area contributed by atoms with Crippen LogP contribution in [0, 0.1) is 0 Å². The monoisotopic (exact) mass is 286 g/mol. The average molecular weight is 286 g/mol. The molecule has 6 heteroatoms. The molecule has 5 nitrogen and oxygen atoms in total. The van der Waals surface area contributed by atoms with Gasteiger partial charge in [-0.05, 0) is 31.2 Å². The summed E-state index contributed by atoms with van der Waals surface area (Å²) in [4.78, 5) is 0.248. The van der Waals surface area contributed by atoms with E-state index in [0.29, 0.717) is 0 Å². The van der Waals surface area contributed by atoms with Crippen LogP contribution in [-0.2, 0) is 15.6 Å². The van der Waals surface area contributed by atoms with Gasteiger partial charge in [-0.2, -0.15) is 0 Å². The van der Waals surface area contributed by atoms with Gasteiger partial charge < -0.3 is 10.4 Å². The maximum absolute atomic E-state index is 11.9. The van der Waals surface area contributed by atoms with E-state index in [4.69, 9.17) is 0 Å². The summed E-state index contributed by atoms with van der Waals surface area (Å²) < 4.78 is 25.1. The van der Waals surface area contributed by atoms with Gasteiger partial charge in [0.05, 0.1) is 17.0 Å². The molecule has 0 aromatic heterocycles. The van der Waals surface area contributed by atoms with E-state index < -0.39 is 15.6 Å². The largest absolute Gasteiger partial charge is 0.394 e. The fourth-order valence-corrected chi connectivity index (χ4v) is 2.75. The lowest BCUT2D eigenvalue weighted by Crippen LogP contribution is -2.42. The van der Waals surface area contributed by atoms with Crippen molar-refractivity contribution in [3.63, 3.8) is 0 Å². The molecule has 1 rings (SSSR count). The summed E-state index contributed by atoms with van der Waals surface area (Å²) in [5.41, 5.74) is 0.296. The van der Waals surface area contributed by atoms with Gasteiger partial charge in [-0.25, -0.2) is 12.7 Å². The van der Waals surface area contributed by atoms with Gasteiger partial charge in [0.15, 0.2) is 0 Å². The average Bonchev–Trinajstić information content (AvgIpc) is 2.39. The Morgan fingerprint density at radius 1 is 1.26 bits per heavy atom. The van der Waals surface area contributed by atoms with Gasteiger partial charge in [0.2, 0.25) is 10.0 Å². The van der Waals surface area contributed by atoms with E-state index in [2.05, 4.69) is 5.32 Å². The zero-order valence-electron chi connectivity index (χ0n) is 11.8. The van der Waals surface area contributed by atoms with E-state index in [1.54, 1.807) is 24.3 Å². The van der Waals surface area contributed by atoms with Crippen molar-refractivity contribution in [3.8, 4) is 0 Å². The zero-order valence-corrected chi connectivity index (χ0v) is 12.7. The normalized spacial score (nSPS) is 15.5. The highest BCUT2D eigenvalue weighted by molar-refractivity contribution is 7.89. The summed E-state index contributed by atoms with van der Waals surface area (Å²) in [5.74, 6) is 0. The number of likely N-dealkylation sites (N-methyl/N-ethyl adjacent to an activating group) is 1. The molecule has 0 spiro atoms. The third-order valence-electron chi connectivity index (χ3n) is 3.15. The second-order valence-electron chi connectivity index (χ2n) is 4.83. The maximum atomic E-state index is 11.9. The summed E-state index contributed by atoms with van der Waals surface area (Å²) in [7, 11) is -0.408. The van der Waals surface area contributed by atoms with Crippen LogP contribution < -0.4 is 5.32 Å². The maximum Gasteiger partial charge on any atom is 0.242 e. The minimum Gasteiger partial charge on any atom is -0.394 e. The van der Waals surface area contributed by atoms with Crippen LogP contribution >= 0.6 is 0 Å². The van der Waals surface area contributed by atoms with Crippen LogP contribution in [0.3, 0.4) is 0 Å². The molecule has 1 aromatic carbocycles. The Labute approximate surface area is 115 Å². The molecule has 0 fully saturated rings. The molecule has 0 saturated carbocycles. The fourth-order valence-electron chi connectivity index (χ4n) is 1.84. The van der Waals surface area contributed by atoms with Crippen molar-refractivity contribution >= 4 is 10.0 Å². The molecule has 0 amide bonds. The van der Waals surface area contributed by atoms with Gasteiger partial charge >= 0.3 is 0 Å². The number of aliphatic hydroxyl groups is 1. The van der Waals surface area contributed by atoms with Crippen LogP contribution in [-0.4, -0.2) is 45.1 Å². The molecule has 2 N–H and O–H groups in total. The van der Waals surface area contributed by atoms with Crippen LogP contribution in [0.2, 0.25) is 0 Å². The smallest absolute Gasteiger partial charge is 0.242 e. The first-order valence-corrected chi connectivity index (χ1v) is 7.61. The predicted octanol–water partition coefficient (Wildman–Crippen LogP) is 0.754. The summed E-state index contributed by atoms with van der Waals surface area (Å²) in [6.07, 6.45) is 0. The van der Waals surface area contributed by atoms with Gasteiger partial charge in [0, 0.05) is 14.1 Å². The Morgan fingerprint density at radius 2 is 1.79 bits per heavy atom. The lowest BCUT2D eigenvalue weighted by atomic mass is 9.93. The van der Waals surface area contributed by atoms with E-state index in [9.17, 15) is 13.5 Å². The first-order valence-electron chi connectivity index (χ1n) is 6.17. The van der Waals surface area contributed by atoms with Crippen LogP contribution in [0.1, 0.15) is 19.4 Å². The molecule has 0 aliphatic carbocycles. The Kier molecular flexibility index (Phi) is 5.09. The van der Waals surface area contributed by atoms with Crippen molar-refractivity contribution in [2.45, 2.75) is 24.3 Å². The van der Waals surface area contributed by atoms with Crippen molar-refractivity contribution in [2.24, 2.45) is 0 Å². The zero-order chi connectivity index (χ0) is 14.7. The number of hydrogen-bond acceptors (Lipinski definition) is 4. The fraction of sp³-hybridized carbons (Fsp3) is 0.538. The SMILES string of the molecule is CCNC(C)(CO)c1ccc(S(=O)(=O)N(C)C)cc1. The van der Waals surface area contributed by atoms with Gasteiger partial charge in [0.25, 0.3) is 0 Å². The number of sulfonamides is 1. The summed E-state index contributed by atoms with van der Waals surface area (Å²) in [6, 6.07) is 6.59. The number of hydrogen-bond donors (Lipinski definition) is 2. The number of nitrogens with one attached hydrogen (secondary N) is 1. The standard InChI is InChI=1S/C13H22N2O3S/c1-5-14-13(2,10-16)11-6-8-12(9-7-11)19(17,18)15(3)4/h6-9,14,16H,5,10H2,1-4H3. The third kappa shape index (κ3) is 3.33. The number of nitrogens with zero attached hydrogens (tertiary/aromatic N) is 1. The minimum atomic E-state index is -3.41. The van der Waals surface area contributed by atoms with E-state index >= 15 is 0 Å². The van der Waals surface area contributed by atoms with E-state index in [-0.39, 0.29) is 11.5 Å². The highest BCUT2D eigenvalue weighted by Gasteiger charge is 2.25. The van der Waals surface area contributed by atoms with Gasteiger partial charge in [-0.15, -0.1) is 0 Å². The van der Waals surface area contributed by atoms with Crippen LogP contribution in [0.5, 0.6) is 0 Å². The van der Waals surface area contributed by atoms with E-state index in [1.807, 2.05) is 13.8 Å². The number of rotatable bonds is 6. The third-order valence-corrected chi connectivity index (χ3v) is 4.98. The Morgan fingerprint density at radius 3 is 2.16 bits per heavy atom. The molecular formula is C13H22N2O3S. The lowest BCUT2D eigenvalue weighted by Gasteiger charge is -2.29. The molecule has 0 bridgehead atoms. The molecule has 0 aliphatic rings. The molecular weight excluding hydrogens is 264 g/mol. The summed E-state index contributed by atoms with van der Waals surface area (Å²) in [6.45, 7) is 4.50. The molecule has 0 saturated heterocycles.